The van der Waals surface area contributed by atoms with Crippen molar-refractivity contribution in [2.24, 2.45) is 5.10 Å². The summed E-state index contributed by atoms with van der Waals surface area (Å²) in [6.45, 7) is 1.28. The number of hydrogen-bond donors (Lipinski definition) is 2. The fourth-order valence-corrected chi connectivity index (χ4v) is 0.737. The van der Waals surface area contributed by atoms with Gasteiger partial charge >= 0.3 is 5.97 Å². The molecule has 1 aromatic rings. The van der Waals surface area contributed by atoms with Gasteiger partial charge in [-0.05, 0) is 19.1 Å². The first-order valence-electron chi connectivity index (χ1n) is 4.10. The Balaban J connectivity index is 2.66. The van der Waals surface area contributed by atoms with Crippen LogP contribution in [0.4, 0.5) is 0 Å². The average Bonchev–Trinajstić information content (AvgIpc) is 2.26. The van der Waals surface area contributed by atoms with Crippen LogP contribution in [0.3, 0.4) is 0 Å². The van der Waals surface area contributed by atoms with Crippen molar-refractivity contribution in [3.05, 3.63) is 30.1 Å². The largest absolute Gasteiger partial charge is 0.477 e. The number of aromatic nitrogens is 1. The molecule has 1 amide bonds. The van der Waals surface area contributed by atoms with Crippen LogP contribution >= 0.6 is 0 Å². The van der Waals surface area contributed by atoms with Gasteiger partial charge < -0.3 is 5.11 Å². The molecule has 0 atom stereocenters. The Morgan fingerprint density at radius 1 is 1.47 bits per heavy atom. The van der Waals surface area contributed by atoms with Gasteiger partial charge in [-0.25, -0.2) is 10.2 Å². The Labute approximate surface area is 85.6 Å². The van der Waals surface area contributed by atoms with Gasteiger partial charge in [0.1, 0.15) is 11.4 Å². The maximum absolute atomic E-state index is 11.3. The minimum atomic E-state index is -1.18. The molecule has 15 heavy (non-hydrogen) atoms. The molecule has 0 aliphatic carbocycles. The molecule has 0 spiro atoms. The SMILES string of the molecule is C/C(=N\NC(=O)c1ccccn1)C(=O)O. The lowest BCUT2D eigenvalue weighted by atomic mass is 10.3. The number of hydrazone groups is 1. The second-order valence-electron chi connectivity index (χ2n) is 2.66. The summed E-state index contributed by atoms with van der Waals surface area (Å²) in [4.78, 5) is 25.4. The highest BCUT2D eigenvalue weighted by Gasteiger charge is 2.06. The van der Waals surface area contributed by atoms with Gasteiger partial charge in [0.25, 0.3) is 5.91 Å². The van der Waals surface area contributed by atoms with Crippen LogP contribution in [0, 0.1) is 0 Å². The number of amides is 1. The topological polar surface area (TPSA) is 91.7 Å². The Bertz CT molecular complexity index is 400. The first-order chi connectivity index (χ1) is 7.11. The summed E-state index contributed by atoms with van der Waals surface area (Å²) >= 11 is 0. The second kappa shape index (κ2) is 4.85. The minimum Gasteiger partial charge on any atom is -0.477 e. The summed E-state index contributed by atoms with van der Waals surface area (Å²) in [5, 5.41) is 11.8. The van der Waals surface area contributed by atoms with E-state index in [9.17, 15) is 9.59 Å². The van der Waals surface area contributed by atoms with Crippen molar-refractivity contribution in [1.82, 2.24) is 10.4 Å². The number of rotatable bonds is 3. The summed E-state index contributed by atoms with van der Waals surface area (Å²) in [5.41, 5.74) is 2.07. The highest BCUT2D eigenvalue weighted by molar-refractivity contribution is 6.34. The standard InChI is InChI=1S/C9H9N3O3/c1-6(9(14)15)11-12-8(13)7-4-2-3-5-10-7/h2-5H,1H3,(H,12,13)(H,14,15)/b11-6+. The van der Waals surface area contributed by atoms with E-state index in [4.69, 9.17) is 5.11 Å². The molecule has 0 radical (unpaired) electrons. The normalized spacial score (nSPS) is 10.9. The lowest BCUT2D eigenvalue weighted by Crippen LogP contribution is -2.22. The van der Waals surface area contributed by atoms with E-state index in [1.54, 1.807) is 12.1 Å². The van der Waals surface area contributed by atoms with Crippen molar-refractivity contribution < 1.29 is 14.7 Å². The number of carbonyl (C=O) groups is 2. The number of carboxylic acid groups (broad SMARTS) is 1. The summed E-state index contributed by atoms with van der Waals surface area (Å²) in [5.74, 6) is -1.73. The third-order valence-corrected chi connectivity index (χ3v) is 1.53. The first-order valence-corrected chi connectivity index (χ1v) is 4.10. The molecular weight excluding hydrogens is 198 g/mol. The average molecular weight is 207 g/mol. The Kier molecular flexibility index (Phi) is 3.50. The van der Waals surface area contributed by atoms with Gasteiger partial charge in [0.2, 0.25) is 0 Å². The zero-order valence-corrected chi connectivity index (χ0v) is 7.97. The van der Waals surface area contributed by atoms with Crippen molar-refractivity contribution in [2.45, 2.75) is 6.92 Å². The number of carbonyl (C=O) groups excluding carboxylic acids is 1. The van der Waals surface area contributed by atoms with Crippen molar-refractivity contribution >= 4 is 17.6 Å². The lowest BCUT2D eigenvalue weighted by molar-refractivity contribution is -0.129. The zero-order chi connectivity index (χ0) is 11.3. The molecule has 0 saturated heterocycles. The minimum absolute atomic E-state index is 0.180. The maximum atomic E-state index is 11.3. The second-order valence-corrected chi connectivity index (χ2v) is 2.66. The van der Waals surface area contributed by atoms with Gasteiger partial charge in [0.05, 0.1) is 0 Å². The number of nitrogens with zero attached hydrogens (tertiary/aromatic N) is 2. The van der Waals surface area contributed by atoms with Crippen LogP contribution in [-0.2, 0) is 4.79 Å². The van der Waals surface area contributed by atoms with Crippen molar-refractivity contribution in [1.29, 1.82) is 0 Å². The smallest absolute Gasteiger partial charge is 0.351 e. The lowest BCUT2D eigenvalue weighted by Gasteiger charge is -1.98. The van der Waals surface area contributed by atoms with E-state index >= 15 is 0 Å². The van der Waals surface area contributed by atoms with Crippen LogP contribution in [0.25, 0.3) is 0 Å². The van der Waals surface area contributed by atoms with Crippen LogP contribution in [0.15, 0.2) is 29.5 Å². The van der Waals surface area contributed by atoms with E-state index in [0.717, 1.165) is 0 Å². The van der Waals surface area contributed by atoms with E-state index in [0.29, 0.717) is 0 Å². The maximum Gasteiger partial charge on any atom is 0.351 e. The van der Waals surface area contributed by atoms with Crippen LogP contribution in [0.2, 0.25) is 0 Å². The van der Waals surface area contributed by atoms with E-state index in [2.05, 4.69) is 15.5 Å². The Morgan fingerprint density at radius 3 is 2.73 bits per heavy atom. The van der Waals surface area contributed by atoms with Gasteiger partial charge in [0, 0.05) is 6.20 Å². The quantitative estimate of drug-likeness (QED) is 0.549. The van der Waals surface area contributed by atoms with E-state index in [-0.39, 0.29) is 11.4 Å². The van der Waals surface area contributed by atoms with E-state index in [1.165, 1.54) is 19.2 Å². The molecule has 0 fully saturated rings. The van der Waals surface area contributed by atoms with E-state index in [1.807, 2.05) is 0 Å². The fourth-order valence-electron chi connectivity index (χ4n) is 0.737. The van der Waals surface area contributed by atoms with E-state index < -0.39 is 11.9 Å². The van der Waals surface area contributed by atoms with Crippen molar-refractivity contribution in [2.75, 3.05) is 0 Å². The molecule has 0 unspecified atom stereocenters. The summed E-state index contributed by atoms with van der Waals surface area (Å²) in [7, 11) is 0. The van der Waals surface area contributed by atoms with Crippen LogP contribution < -0.4 is 5.43 Å². The van der Waals surface area contributed by atoms with Crippen LogP contribution in [0.5, 0.6) is 0 Å². The summed E-state index contributed by atoms with van der Waals surface area (Å²) in [6.07, 6.45) is 1.46. The zero-order valence-electron chi connectivity index (χ0n) is 7.97. The molecule has 0 bridgehead atoms. The molecule has 6 nitrogen and oxygen atoms in total. The molecule has 0 saturated carbocycles. The van der Waals surface area contributed by atoms with Crippen LogP contribution in [-0.4, -0.2) is 27.7 Å². The van der Waals surface area contributed by atoms with Gasteiger partial charge in [-0.1, -0.05) is 6.07 Å². The monoisotopic (exact) mass is 207 g/mol. The molecule has 0 aliphatic heterocycles. The number of nitrogens with one attached hydrogen (secondary N) is 1. The van der Waals surface area contributed by atoms with Crippen LogP contribution in [0.1, 0.15) is 17.4 Å². The Morgan fingerprint density at radius 2 is 2.20 bits per heavy atom. The van der Waals surface area contributed by atoms with Gasteiger partial charge in [-0.3, -0.25) is 9.78 Å². The van der Waals surface area contributed by atoms with Gasteiger partial charge in [-0.2, -0.15) is 5.10 Å². The number of aliphatic carboxylic acids is 1. The van der Waals surface area contributed by atoms with Crippen molar-refractivity contribution in [3.8, 4) is 0 Å². The predicted octanol–water partition coefficient (Wildman–Crippen LogP) is 0.272. The molecule has 6 heteroatoms. The van der Waals surface area contributed by atoms with Gasteiger partial charge in [0.15, 0.2) is 0 Å². The predicted molar refractivity (Wildman–Crippen MR) is 52.4 cm³/mol. The third-order valence-electron chi connectivity index (χ3n) is 1.53. The number of hydrogen-bond acceptors (Lipinski definition) is 4. The van der Waals surface area contributed by atoms with Crippen molar-refractivity contribution in [3.63, 3.8) is 0 Å². The third kappa shape index (κ3) is 3.18. The summed E-state index contributed by atoms with van der Waals surface area (Å²) in [6, 6.07) is 4.82. The first kappa shape index (κ1) is 10.8. The summed E-state index contributed by atoms with van der Waals surface area (Å²) < 4.78 is 0. The number of pyridine rings is 1. The molecule has 1 rings (SSSR count). The highest BCUT2D eigenvalue weighted by Crippen LogP contribution is 1.92. The molecule has 1 heterocycles. The molecule has 0 aliphatic rings. The molecule has 2 N–H and O–H groups in total. The number of carboxylic acids is 1. The highest BCUT2D eigenvalue weighted by atomic mass is 16.4. The molecule has 0 aromatic carbocycles. The fraction of sp³-hybridized carbons (Fsp3) is 0.111. The molecular formula is C9H9N3O3. The molecule has 1 aromatic heterocycles. The molecule has 78 valence electrons. The van der Waals surface area contributed by atoms with Gasteiger partial charge in [-0.15, -0.1) is 0 Å². The Hall–Kier alpha value is -2.24.